The molecule has 36 heavy (non-hydrogen) atoms. The van der Waals surface area contributed by atoms with Crippen molar-refractivity contribution in [3.05, 3.63) is 42.1 Å². The van der Waals surface area contributed by atoms with Gasteiger partial charge in [-0.3, -0.25) is 19.2 Å². The van der Waals surface area contributed by atoms with Crippen molar-refractivity contribution >= 4 is 34.4 Å². The number of aliphatic hydroxyl groups excluding tert-OH is 1. The number of carbonyl (C=O) groups is 4. The van der Waals surface area contributed by atoms with Crippen LogP contribution in [-0.2, 0) is 14.4 Å². The molecule has 5 rings (SSSR count). The molecule has 2 fully saturated rings. The average molecular weight is 495 g/mol. The molecule has 1 aromatic heterocycles. The molecule has 2 saturated heterocycles. The Labute approximate surface area is 208 Å². The van der Waals surface area contributed by atoms with Crippen LogP contribution in [0.5, 0.6) is 5.75 Å². The number of aromatic amines is 1. The normalized spacial score (nSPS) is 25.6. The van der Waals surface area contributed by atoms with E-state index >= 15 is 0 Å². The Morgan fingerprint density at radius 2 is 2.14 bits per heavy atom. The van der Waals surface area contributed by atoms with Crippen LogP contribution in [-0.4, -0.2) is 77.4 Å². The van der Waals surface area contributed by atoms with Gasteiger partial charge in [-0.05, 0) is 43.4 Å². The van der Waals surface area contributed by atoms with Crippen LogP contribution in [0.4, 0.5) is 0 Å². The van der Waals surface area contributed by atoms with Gasteiger partial charge in [0.15, 0.2) is 5.78 Å². The van der Waals surface area contributed by atoms with Crippen LogP contribution in [0.3, 0.4) is 0 Å². The lowest BCUT2D eigenvalue weighted by Gasteiger charge is -2.29. The minimum atomic E-state index is -1.00. The number of H-pyrrole nitrogens is 1. The molecule has 1 aliphatic carbocycles. The number of likely N-dealkylation sites (tertiary alicyclic amines) is 1. The van der Waals surface area contributed by atoms with Crippen LogP contribution in [0.1, 0.15) is 29.8 Å². The highest BCUT2D eigenvalue weighted by Gasteiger charge is 2.49. The highest BCUT2D eigenvalue weighted by atomic mass is 16.5. The molecular weight excluding hydrogens is 464 g/mol. The number of fused-ring (bicyclic) bond motifs is 2. The second-order valence-electron chi connectivity index (χ2n) is 9.70. The molecule has 10 nitrogen and oxygen atoms in total. The van der Waals surface area contributed by atoms with Crippen molar-refractivity contribution in [1.29, 1.82) is 0 Å². The maximum Gasteiger partial charge on any atom is 0.271 e. The van der Waals surface area contributed by atoms with Gasteiger partial charge in [0.1, 0.15) is 24.1 Å². The van der Waals surface area contributed by atoms with Crippen LogP contribution in [0.15, 0.2) is 36.4 Å². The molecule has 2 aliphatic heterocycles. The number of allylic oxidation sites excluding steroid dienone is 1. The van der Waals surface area contributed by atoms with Crippen LogP contribution in [0, 0.1) is 17.8 Å². The Morgan fingerprint density at radius 3 is 2.86 bits per heavy atom. The van der Waals surface area contributed by atoms with E-state index in [2.05, 4.69) is 15.6 Å². The Kier molecular flexibility index (Phi) is 6.53. The molecule has 1 aromatic carbocycles. The molecule has 10 heteroatoms. The number of nitrogens with one attached hydrogen (secondary N) is 3. The molecule has 3 aliphatic rings. The zero-order valence-corrected chi connectivity index (χ0v) is 20.0. The number of aromatic nitrogens is 1. The third-order valence-electron chi connectivity index (χ3n) is 7.64. The summed E-state index contributed by atoms with van der Waals surface area (Å²) in [5.41, 5.74) is 1.10. The first kappa shape index (κ1) is 24.1. The zero-order valence-electron chi connectivity index (χ0n) is 20.0. The highest BCUT2D eigenvalue weighted by Crippen LogP contribution is 2.39. The number of ketones is 1. The number of hydrogen-bond acceptors (Lipinski definition) is 6. The molecular formula is C26H30N4O6. The smallest absolute Gasteiger partial charge is 0.271 e. The van der Waals surface area contributed by atoms with Crippen molar-refractivity contribution in [3.8, 4) is 5.75 Å². The average Bonchev–Trinajstić information content (AvgIpc) is 3.66. The first-order valence-corrected chi connectivity index (χ1v) is 12.3. The van der Waals surface area contributed by atoms with Crippen LogP contribution < -0.4 is 15.4 Å². The minimum Gasteiger partial charge on any atom is -0.496 e. The van der Waals surface area contributed by atoms with E-state index in [-0.39, 0.29) is 30.1 Å². The van der Waals surface area contributed by atoms with Crippen molar-refractivity contribution in [2.45, 2.75) is 31.3 Å². The van der Waals surface area contributed by atoms with E-state index in [1.807, 2.05) is 30.4 Å². The van der Waals surface area contributed by atoms with Gasteiger partial charge in [-0.15, -0.1) is 0 Å². The van der Waals surface area contributed by atoms with Crippen molar-refractivity contribution in [3.63, 3.8) is 0 Å². The van der Waals surface area contributed by atoms with Gasteiger partial charge in [0.2, 0.25) is 11.8 Å². The summed E-state index contributed by atoms with van der Waals surface area (Å²) in [4.78, 5) is 56.5. The number of aliphatic hydroxyl groups is 1. The maximum absolute atomic E-state index is 13.6. The van der Waals surface area contributed by atoms with Gasteiger partial charge in [0.25, 0.3) is 5.91 Å². The Balaban J connectivity index is 1.40. The van der Waals surface area contributed by atoms with Gasteiger partial charge in [0, 0.05) is 35.8 Å². The van der Waals surface area contributed by atoms with E-state index in [0.717, 1.165) is 10.9 Å². The van der Waals surface area contributed by atoms with Crippen LogP contribution >= 0.6 is 0 Å². The van der Waals surface area contributed by atoms with Crippen molar-refractivity contribution in [2.24, 2.45) is 17.8 Å². The molecule has 4 N–H and O–H groups in total. The van der Waals surface area contributed by atoms with Gasteiger partial charge in [0.05, 0.1) is 13.2 Å². The number of Topliss-reactive ketones (excluding diaryl/α,β-unsaturated/α-hetero) is 1. The molecule has 3 amide bonds. The minimum absolute atomic E-state index is 0.0382. The predicted molar refractivity (Wildman–Crippen MR) is 130 cm³/mol. The summed E-state index contributed by atoms with van der Waals surface area (Å²) >= 11 is 0. The van der Waals surface area contributed by atoms with Crippen molar-refractivity contribution in [1.82, 2.24) is 20.5 Å². The fraction of sp³-hybridized carbons (Fsp3) is 0.462. The quantitative estimate of drug-likeness (QED) is 0.400. The fourth-order valence-electron chi connectivity index (χ4n) is 5.77. The fourth-order valence-corrected chi connectivity index (χ4v) is 5.77. The largest absolute Gasteiger partial charge is 0.496 e. The first-order valence-electron chi connectivity index (χ1n) is 12.3. The second kappa shape index (κ2) is 9.77. The first-order chi connectivity index (χ1) is 17.4. The van der Waals surface area contributed by atoms with Crippen molar-refractivity contribution in [2.75, 3.05) is 26.8 Å². The number of carbonyl (C=O) groups excluding carboxylic acids is 4. The summed E-state index contributed by atoms with van der Waals surface area (Å²) in [6.45, 7) is 0.165. The highest BCUT2D eigenvalue weighted by molar-refractivity contribution is 6.02. The lowest BCUT2D eigenvalue weighted by Crippen LogP contribution is -2.53. The second-order valence-corrected chi connectivity index (χ2v) is 9.70. The monoisotopic (exact) mass is 494 g/mol. The molecule has 0 radical (unpaired) electrons. The molecule has 190 valence electrons. The molecule has 3 heterocycles. The summed E-state index contributed by atoms with van der Waals surface area (Å²) in [5, 5.41) is 15.8. The Bertz CT molecular complexity index is 1240. The van der Waals surface area contributed by atoms with Crippen LogP contribution in [0.25, 0.3) is 10.9 Å². The number of nitrogens with zero attached hydrogens (tertiary/aromatic N) is 1. The number of benzene rings is 1. The van der Waals surface area contributed by atoms with E-state index in [4.69, 9.17) is 4.74 Å². The number of rotatable bonds is 8. The molecule has 0 spiro atoms. The molecule has 2 aromatic rings. The molecule has 5 atom stereocenters. The summed E-state index contributed by atoms with van der Waals surface area (Å²) in [6, 6.07) is 5.44. The zero-order chi connectivity index (χ0) is 25.4. The van der Waals surface area contributed by atoms with Gasteiger partial charge in [-0.1, -0.05) is 18.2 Å². The number of hydrogen-bond donors (Lipinski definition) is 4. The van der Waals surface area contributed by atoms with Crippen molar-refractivity contribution < 1.29 is 29.0 Å². The van der Waals surface area contributed by atoms with Gasteiger partial charge < -0.3 is 30.4 Å². The van der Waals surface area contributed by atoms with Gasteiger partial charge >= 0.3 is 0 Å². The summed E-state index contributed by atoms with van der Waals surface area (Å²) in [5.74, 6) is -1.30. The van der Waals surface area contributed by atoms with Gasteiger partial charge in [-0.25, -0.2) is 0 Å². The Hall–Kier alpha value is -3.66. The SMILES string of the molecule is COc1cccc2[nH]c(C(=O)N3CC4C=CCC4C3C(=O)NC(CC3CCNC3=O)C(=O)CO)cc12. The lowest BCUT2D eigenvalue weighted by molar-refractivity contribution is -0.133. The third-order valence-corrected chi connectivity index (χ3v) is 7.64. The molecule has 0 saturated carbocycles. The van der Waals surface area contributed by atoms with E-state index in [1.165, 1.54) is 0 Å². The molecule has 5 unspecified atom stereocenters. The van der Waals surface area contributed by atoms with Crippen LogP contribution in [0.2, 0.25) is 0 Å². The number of methoxy groups -OCH3 is 1. The number of amides is 3. The van der Waals surface area contributed by atoms with E-state index in [0.29, 0.717) is 37.4 Å². The third kappa shape index (κ3) is 4.26. The topological polar surface area (TPSA) is 141 Å². The predicted octanol–water partition coefficient (Wildman–Crippen LogP) is 0.766. The van der Waals surface area contributed by atoms with E-state index in [9.17, 15) is 24.3 Å². The maximum atomic E-state index is 13.6. The Morgan fingerprint density at radius 1 is 1.31 bits per heavy atom. The van der Waals surface area contributed by atoms with E-state index < -0.39 is 36.3 Å². The number of ether oxygens (including phenoxy) is 1. The summed E-state index contributed by atoms with van der Waals surface area (Å²) < 4.78 is 5.41. The van der Waals surface area contributed by atoms with Gasteiger partial charge in [-0.2, -0.15) is 0 Å². The standard InChI is InChI=1S/C26H30N4O6/c1-36-22-7-3-6-18-17(22)11-20(28-18)26(35)30-12-15-4-2-5-16(15)23(30)25(34)29-19(21(32)13-31)10-14-8-9-27-24(14)33/h2-4,6-7,11,14-16,19,23,28,31H,5,8-10,12-13H2,1H3,(H,27,33)(H,29,34). The summed E-state index contributed by atoms with van der Waals surface area (Å²) in [7, 11) is 1.57. The molecule has 0 bridgehead atoms. The lowest BCUT2D eigenvalue weighted by atomic mass is 9.91. The van der Waals surface area contributed by atoms with E-state index in [1.54, 1.807) is 18.1 Å². The summed E-state index contributed by atoms with van der Waals surface area (Å²) in [6.07, 6.45) is 5.38.